The third kappa shape index (κ3) is 5.14. The van der Waals surface area contributed by atoms with Gasteiger partial charge in [-0.15, -0.1) is 16.4 Å². The van der Waals surface area contributed by atoms with Crippen molar-refractivity contribution >= 4 is 34.2 Å². The van der Waals surface area contributed by atoms with E-state index in [9.17, 15) is 9.59 Å². The second kappa shape index (κ2) is 9.58. The van der Waals surface area contributed by atoms with Gasteiger partial charge in [0.25, 0.3) is 0 Å². The average molecular weight is 466 g/mol. The van der Waals surface area contributed by atoms with Crippen molar-refractivity contribution in [2.45, 2.75) is 51.9 Å². The van der Waals surface area contributed by atoms with Crippen LogP contribution in [0.1, 0.15) is 43.9 Å². The zero-order chi connectivity index (χ0) is 23.4. The molecule has 0 saturated heterocycles. The Morgan fingerprint density at radius 2 is 2.00 bits per heavy atom. The van der Waals surface area contributed by atoms with E-state index in [-0.39, 0.29) is 24.9 Å². The van der Waals surface area contributed by atoms with E-state index in [0.29, 0.717) is 11.3 Å². The van der Waals surface area contributed by atoms with Gasteiger partial charge in [-0.25, -0.2) is 4.68 Å². The highest BCUT2D eigenvalue weighted by Gasteiger charge is 2.35. The number of nitrogens with zero attached hydrogens (tertiary/aromatic N) is 4. The molecule has 0 spiro atoms. The summed E-state index contributed by atoms with van der Waals surface area (Å²) in [5.41, 5.74) is 1.06. The van der Waals surface area contributed by atoms with Gasteiger partial charge in [0.2, 0.25) is 11.8 Å². The molecule has 0 bridgehead atoms. The minimum absolute atomic E-state index is 0.0481. The second-order valence-electron chi connectivity index (χ2n) is 8.48. The van der Waals surface area contributed by atoms with Crippen LogP contribution in [0, 0.1) is 0 Å². The van der Waals surface area contributed by atoms with Gasteiger partial charge in [-0.2, -0.15) is 0 Å². The molecule has 0 unspecified atom stereocenters. The predicted octanol–water partition coefficient (Wildman–Crippen LogP) is 4.16. The maximum absolute atomic E-state index is 13.7. The molecule has 0 saturated carbocycles. The van der Waals surface area contributed by atoms with E-state index < -0.39 is 11.6 Å². The van der Waals surface area contributed by atoms with Gasteiger partial charge in [0.05, 0.1) is 18.3 Å². The summed E-state index contributed by atoms with van der Waals surface area (Å²) in [5.74, 6) is 0.105. The number of amides is 2. The molecule has 33 heavy (non-hydrogen) atoms. The molecule has 3 heterocycles. The Bertz CT molecular complexity index is 1210. The molecule has 4 rings (SSSR count). The van der Waals surface area contributed by atoms with Crippen molar-refractivity contribution in [3.8, 4) is 0 Å². The van der Waals surface area contributed by atoms with Crippen LogP contribution in [0.25, 0.3) is 11.0 Å². The van der Waals surface area contributed by atoms with Gasteiger partial charge in [-0.1, -0.05) is 30.3 Å². The summed E-state index contributed by atoms with van der Waals surface area (Å²) in [5, 5.41) is 13.3. The third-order valence-corrected chi connectivity index (χ3v) is 6.57. The van der Waals surface area contributed by atoms with E-state index >= 15 is 0 Å². The molecule has 1 atom stereocenters. The molecule has 172 valence electrons. The van der Waals surface area contributed by atoms with Gasteiger partial charge in [0, 0.05) is 10.4 Å². The lowest BCUT2D eigenvalue weighted by Gasteiger charge is -2.33. The minimum atomic E-state index is -0.803. The highest BCUT2D eigenvalue weighted by atomic mass is 32.1. The van der Waals surface area contributed by atoms with Crippen LogP contribution in [0.2, 0.25) is 0 Å². The molecule has 0 radical (unpaired) electrons. The number of nitrogens with one attached hydrogen (secondary N) is 1. The largest absolute Gasteiger partial charge is 0.467 e. The molecular formula is C24H27N5O3S. The zero-order valence-corrected chi connectivity index (χ0v) is 19.7. The van der Waals surface area contributed by atoms with Gasteiger partial charge >= 0.3 is 0 Å². The normalized spacial score (nSPS) is 12.6. The summed E-state index contributed by atoms with van der Waals surface area (Å²) >= 11 is 1.44. The van der Waals surface area contributed by atoms with Gasteiger partial charge in [-0.05, 0) is 56.0 Å². The van der Waals surface area contributed by atoms with Crippen LogP contribution in [0.15, 0.2) is 64.6 Å². The molecule has 8 nitrogen and oxygen atoms in total. The van der Waals surface area contributed by atoms with Crippen LogP contribution < -0.4 is 5.32 Å². The van der Waals surface area contributed by atoms with Crippen molar-refractivity contribution in [3.63, 3.8) is 0 Å². The van der Waals surface area contributed by atoms with Crippen molar-refractivity contribution < 1.29 is 14.0 Å². The Labute approximate surface area is 196 Å². The fourth-order valence-corrected chi connectivity index (χ4v) is 4.34. The van der Waals surface area contributed by atoms with Crippen LogP contribution in [0.3, 0.4) is 0 Å². The van der Waals surface area contributed by atoms with Gasteiger partial charge < -0.3 is 14.6 Å². The molecule has 0 aliphatic rings. The number of hydrogen-bond donors (Lipinski definition) is 1. The molecule has 4 aromatic rings. The maximum atomic E-state index is 13.7. The second-order valence-corrected chi connectivity index (χ2v) is 9.46. The number of carbonyl (C=O) groups excluding carboxylic acids is 2. The van der Waals surface area contributed by atoms with E-state index in [1.165, 1.54) is 11.3 Å². The maximum Gasteiger partial charge on any atom is 0.248 e. The van der Waals surface area contributed by atoms with Crippen molar-refractivity contribution in [3.05, 3.63) is 70.8 Å². The first-order valence-electron chi connectivity index (χ1n) is 10.8. The first kappa shape index (κ1) is 22.7. The summed E-state index contributed by atoms with van der Waals surface area (Å²) in [6.45, 7) is 6.06. The number of thiophene rings is 1. The lowest BCUT2D eigenvalue weighted by Crippen LogP contribution is -2.50. The van der Waals surface area contributed by atoms with Crippen molar-refractivity contribution in [1.82, 2.24) is 25.2 Å². The van der Waals surface area contributed by atoms with Crippen molar-refractivity contribution in [2.75, 3.05) is 0 Å². The Morgan fingerprint density at radius 3 is 2.70 bits per heavy atom. The van der Waals surface area contributed by atoms with Crippen molar-refractivity contribution in [1.29, 1.82) is 0 Å². The van der Waals surface area contributed by atoms with Gasteiger partial charge in [0.1, 0.15) is 23.9 Å². The molecular weight excluding hydrogens is 438 g/mol. The first-order valence-corrected chi connectivity index (χ1v) is 11.7. The number of carbonyl (C=O) groups is 2. The number of rotatable bonds is 9. The topological polar surface area (TPSA) is 93.3 Å². The lowest BCUT2D eigenvalue weighted by atomic mass is 10.0. The predicted molar refractivity (Wildman–Crippen MR) is 126 cm³/mol. The van der Waals surface area contributed by atoms with E-state index in [2.05, 4.69) is 15.6 Å². The molecule has 3 aromatic heterocycles. The van der Waals surface area contributed by atoms with Crippen LogP contribution in [0.5, 0.6) is 0 Å². The number of benzene rings is 1. The molecule has 9 heteroatoms. The Kier molecular flexibility index (Phi) is 6.60. The standard InChI is InChI=1S/C24H27N5O3S/c1-4-24(2,3)25-23(31)22(20-12-8-14-33-20)28(15-17-9-7-13-32-17)21(30)16-29-19-11-6-5-10-18(19)26-27-29/h5-14,22H,4,15-16H2,1-3H3,(H,25,31)/t22-/m1/s1. The molecule has 0 aliphatic carbocycles. The van der Waals surface area contributed by atoms with Crippen LogP contribution in [-0.2, 0) is 22.7 Å². The van der Waals surface area contributed by atoms with E-state index in [1.807, 2.05) is 62.5 Å². The van der Waals surface area contributed by atoms with Crippen LogP contribution >= 0.6 is 11.3 Å². The highest BCUT2D eigenvalue weighted by molar-refractivity contribution is 7.10. The summed E-state index contributed by atoms with van der Waals surface area (Å²) in [4.78, 5) is 29.6. The summed E-state index contributed by atoms with van der Waals surface area (Å²) in [6, 6.07) is 14.0. The van der Waals surface area contributed by atoms with E-state index in [0.717, 1.165) is 16.8 Å². The van der Waals surface area contributed by atoms with Crippen molar-refractivity contribution in [2.24, 2.45) is 0 Å². The Balaban J connectivity index is 1.70. The lowest BCUT2D eigenvalue weighted by molar-refractivity contribution is -0.143. The summed E-state index contributed by atoms with van der Waals surface area (Å²) in [7, 11) is 0. The fraction of sp³-hybridized carbons (Fsp3) is 0.333. The van der Waals surface area contributed by atoms with Gasteiger partial charge in [-0.3, -0.25) is 9.59 Å². The SMILES string of the molecule is CCC(C)(C)NC(=O)[C@@H](c1cccs1)N(Cc1ccco1)C(=O)Cn1nnc2ccccc21. The quantitative estimate of drug-likeness (QED) is 0.401. The number of para-hydroxylation sites is 1. The molecule has 1 aromatic carbocycles. The number of hydrogen-bond acceptors (Lipinski definition) is 6. The fourth-order valence-electron chi connectivity index (χ4n) is 3.51. The third-order valence-electron chi connectivity index (χ3n) is 5.65. The zero-order valence-electron chi connectivity index (χ0n) is 18.9. The number of furan rings is 1. The first-order chi connectivity index (χ1) is 15.9. The van der Waals surface area contributed by atoms with Crippen LogP contribution in [-0.4, -0.2) is 37.2 Å². The summed E-state index contributed by atoms with van der Waals surface area (Å²) < 4.78 is 7.09. The number of aromatic nitrogens is 3. The molecule has 2 amide bonds. The monoisotopic (exact) mass is 465 g/mol. The molecule has 0 fully saturated rings. The van der Waals surface area contributed by atoms with E-state index in [4.69, 9.17) is 4.42 Å². The summed E-state index contributed by atoms with van der Waals surface area (Å²) in [6.07, 6.45) is 2.32. The average Bonchev–Trinajstić information content (AvgIpc) is 3.56. The number of fused-ring (bicyclic) bond motifs is 1. The minimum Gasteiger partial charge on any atom is -0.467 e. The Hall–Kier alpha value is -3.46. The Morgan fingerprint density at radius 1 is 1.18 bits per heavy atom. The molecule has 0 aliphatic heterocycles. The van der Waals surface area contributed by atoms with E-state index in [1.54, 1.807) is 28.0 Å². The van der Waals surface area contributed by atoms with Crippen LogP contribution in [0.4, 0.5) is 0 Å². The van der Waals surface area contributed by atoms with Gasteiger partial charge in [0.15, 0.2) is 0 Å². The highest BCUT2D eigenvalue weighted by Crippen LogP contribution is 2.29. The smallest absolute Gasteiger partial charge is 0.248 e. The molecule has 1 N–H and O–H groups in total.